The van der Waals surface area contributed by atoms with Gasteiger partial charge in [-0.2, -0.15) is 0 Å². The van der Waals surface area contributed by atoms with Crippen molar-refractivity contribution in [1.82, 2.24) is 4.90 Å². The smallest absolute Gasteiger partial charge is 0.305 e. The number of amides is 1. The molecule has 0 spiro atoms. The number of ether oxygens (including phenoxy) is 2. The zero-order valence-corrected chi connectivity index (χ0v) is 25.0. The number of methoxy groups -OCH3 is 1. The van der Waals surface area contributed by atoms with Gasteiger partial charge in [-0.05, 0) is 62.8 Å². The standard InChI is InChI=1S/C35H43NO6/c1-26-4-8-28(9-5-26)12-14-30(15-13-29-10-6-27(2)7-11-29)34(39)31-16-18-32(19-17-31)35(40)36(21-20-33(37)38)22-23-42-25-24-41-3/h4-11,16-19,30H,12-15,20-25H2,1-3H3,(H,37,38). The van der Waals surface area contributed by atoms with E-state index in [0.29, 0.717) is 24.3 Å². The molecule has 0 saturated heterocycles. The van der Waals surface area contributed by atoms with Crippen molar-refractivity contribution in [2.75, 3.05) is 40.0 Å². The minimum Gasteiger partial charge on any atom is -0.481 e. The molecule has 224 valence electrons. The molecule has 0 aliphatic rings. The molecule has 0 heterocycles. The summed E-state index contributed by atoms with van der Waals surface area (Å²) in [6.45, 7) is 5.57. The fourth-order valence-electron chi connectivity index (χ4n) is 4.76. The van der Waals surface area contributed by atoms with Crippen LogP contribution in [0.1, 0.15) is 62.2 Å². The number of carbonyl (C=O) groups is 3. The molecule has 0 atom stereocenters. The van der Waals surface area contributed by atoms with Crippen LogP contribution in [0.2, 0.25) is 0 Å². The summed E-state index contributed by atoms with van der Waals surface area (Å²) in [6.07, 6.45) is 2.93. The average molecular weight is 574 g/mol. The summed E-state index contributed by atoms with van der Waals surface area (Å²) in [5, 5.41) is 9.14. The third kappa shape index (κ3) is 10.9. The lowest BCUT2D eigenvalue weighted by Gasteiger charge is -2.22. The molecule has 1 amide bonds. The maximum atomic E-state index is 13.7. The first kappa shape index (κ1) is 32.7. The van der Waals surface area contributed by atoms with E-state index in [0.717, 1.165) is 25.7 Å². The molecule has 3 aromatic rings. The topological polar surface area (TPSA) is 93.1 Å². The van der Waals surface area contributed by atoms with Gasteiger partial charge in [0.1, 0.15) is 0 Å². The van der Waals surface area contributed by atoms with Crippen LogP contribution in [-0.2, 0) is 27.1 Å². The number of ketones is 1. The molecule has 0 aromatic heterocycles. The van der Waals surface area contributed by atoms with Gasteiger partial charge in [-0.3, -0.25) is 14.4 Å². The van der Waals surface area contributed by atoms with Gasteiger partial charge in [-0.25, -0.2) is 0 Å². The number of nitrogens with zero attached hydrogens (tertiary/aromatic N) is 1. The van der Waals surface area contributed by atoms with Crippen LogP contribution in [-0.4, -0.2) is 67.7 Å². The van der Waals surface area contributed by atoms with Gasteiger partial charge in [0.2, 0.25) is 0 Å². The summed E-state index contributed by atoms with van der Waals surface area (Å²) in [7, 11) is 1.58. The van der Waals surface area contributed by atoms with Gasteiger partial charge < -0.3 is 19.5 Å². The number of carbonyl (C=O) groups excluding carboxylic acids is 2. The van der Waals surface area contributed by atoms with Crippen LogP contribution in [0.4, 0.5) is 0 Å². The molecule has 0 aliphatic carbocycles. The van der Waals surface area contributed by atoms with Gasteiger partial charge in [-0.15, -0.1) is 0 Å². The molecule has 3 aromatic carbocycles. The van der Waals surface area contributed by atoms with E-state index in [-0.39, 0.29) is 43.7 Å². The van der Waals surface area contributed by atoms with Crippen molar-refractivity contribution in [2.45, 2.75) is 46.0 Å². The largest absolute Gasteiger partial charge is 0.481 e. The van der Waals surface area contributed by atoms with Crippen LogP contribution in [0.25, 0.3) is 0 Å². The molecule has 0 fully saturated rings. The molecule has 7 nitrogen and oxygen atoms in total. The molecule has 42 heavy (non-hydrogen) atoms. The molecular formula is C35H43NO6. The van der Waals surface area contributed by atoms with E-state index >= 15 is 0 Å². The van der Waals surface area contributed by atoms with E-state index in [1.165, 1.54) is 27.2 Å². The fraction of sp³-hybridized carbons (Fsp3) is 0.400. The predicted octanol–water partition coefficient (Wildman–Crippen LogP) is 5.95. The second-order valence-corrected chi connectivity index (χ2v) is 10.7. The highest BCUT2D eigenvalue weighted by Crippen LogP contribution is 2.23. The van der Waals surface area contributed by atoms with Gasteiger partial charge in [0, 0.05) is 37.2 Å². The van der Waals surface area contributed by atoms with Crippen molar-refractivity contribution in [3.63, 3.8) is 0 Å². The Morgan fingerprint density at radius 1 is 0.714 bits per heavy atom. The highest BCUT2D eigenvalue weighted by Gasteiger charge is 2.22. The van der Waals surface area contributed by atoms with Crippen LogP contribution in [0.3, 0.4) is 0 Å². The van der Waals surface area contributed by atoms with Crippen molar-refractivity contribution in [3.8, 4) is 0 Å². The summed E-state index contributed by atoms with van der Waals surface area (Å²) in [6, 6.07) is 23.6. The Labute approximate surface area is 249 Å². The zero-order valence-electron chi connectivity index (χ0n) is 25.0. The first-order valence-corrected chi connectivity index (χ1v) is 14.6. The molecule has 3 rings (SSSR count). The summed E-state index contributed by atoms with van der Waals surface area (Å²) in [5.41, 5.74) is 5.82. The average Bonchev–Trinajstić information content (AvgIpc) is 2.99. The minimum atomic E-state index is -0.976. The predicted molar refractivity (Wildman–Crippen MR) is 164 cm³/mol. The molecule has 1 N–H and O–H groups in total. The van der Waals surface area contributed by atoms with Crippen molar-refractivity contribution in [2.24, 2.45) is 5.92 Å². The SMILES string of the molecule is COCCOCCN(CCC(=O)O)C(=O)c1ccc(C(=O)C(CCc2ccc(C)cc2)CCc2ccc(C)cc2)cc1. The van der Waals surface area contributed by atoms with E-state index in [9.17, 15) is 14.4 Å². The first-order valence-electron chi connectivity index (χ1n) is 14.6. The molecule has 0 saturated carbocycles. The van der Waals surface area contributed by atoms with Gasteiger partial charge >= 0.3 is 5.97 Å². The van der Waals surface area contributed by atoms with E-state index in [2.05, 4.69) is 62.4 Å². The van der Waals surface area contributed by atoms with E-state index in [4.69, 9.17) is 14.6 Å². The van der Waals surface area contributed by atoms with E-state index < -0.39 is 5.97 Å². The van der Waals surface area contributed by atoms with Gasteiger partial charge in [0.05, 0.1) is 26.2 Å². The third-order valence-electron chi connectivity index (χ3n) is 7.41. The maximum absolute atomic E-state index is 13.7. The normalized spacial score (nSPS) is 11.0. The van der Waals surface area contributed by atoms with Crippen molar-refractivity contribution >= 4 is 17.7 Å². The number of hydrogen-bond acceptors (Lipinski definition) is 5. The summed E-state index contributed by atoms with van der Waals surface area (Å²) in [5.74, 6) is -1.36. The second kappa shape index (κ2) is 17.2. The molecular weight excluding hydrogens is 530 g/mol. The Kier molecular flexibility index (Phi) is 13.4. The highest BCUT2D eigenvalue weighted by molar-refractivity contribution is 6.00. The third-order valence-corrected chi connectivity index (χ3v) is 7.41. The van der Waals surface area contributed by atoms with Gasteiger partial charge in [0.25, 0.3) is 5.91 Å². The first-order chi connectivity index (χ1) is 20.3. The highest BCUT2D eigenvalue weighted by atomic mass is 16.5. The number of hydrogen-bond donors (Lipinski definition) is 1. The fourth-order valence-corrected chi connectivity index (χ4v) is 4.76. The Morgan fingerprint density at radius 2 is 1.24 bits per heavy atom. The van der Waals surface area contributed by atoms with Crippen LogP contribution in [0, 0.1) is 19.8 Å². The molecule has 0 unspecified atom stereocenters. The van der Waals surface area contributed by atoms with Crippen molar-refractivity contribution in [3.05, 3.63) is 106 Å². The van der Waals surface area contributed by atoms with Crippen LogP contribution < -0.4 is 0 Å². The lowest BCUT2D eigenvalue weighted by molar-refractivity contribution is -0.137. The number of aryl methyl sites for hydroxylation is 4. The van der Waals surface area contributed by atoms with Crippen LogP contribution >= 0.6 is 0 Å². The van der Waals surface area contributed by atoms with Crippen LogP contribution in [0.5, 0.6) is 0 Å². The Hall–Kier alpha value is -3.81. The van der Waals surface area contributed by atoms with Gasteiger partial charge in [0.15, 0.2) is 5.78 Å². The van der Waals surface area contributed by atoms with Crippen molar-refractivity contribution < 1.29 is 29.0 Å². The monoisotopic (exact) mass is 573 g/mol. The minimum absolute atomic E-state index is 0.0718. The molecule has 0 bridgehead atoms. The number of carboxylic acid groups (broad SMARTS) is 1. The Morgan fingerprint density at radius 3 is 1.74 bits per heavy atom. The van der Waals surface area contributed by atoms with Crippen LogP contribution in [0.15, 0.2) is 72.8 Å². The van der Waals surface area contributed by atoms with Gasteiger partial charge in [-0.1, -0.05) is 71.8 Å². The molecule has 7 heteroatoms. The maximum Gasteiger partial charge on any atom is 0.305 e. The number of Topliss-reactive ketones (excluding diaryl/α,β-unsaturated/α-hetero) is 1. The zero-order chi connectivity index (χ0) is 30.3. The number of carboxylic acids is 1. The lowest BCUT2D eigenvalue weighted by Crippen LogP contribution is -2.36. The Balaban J connectivity index is 1.70. The lowest BCUT2D eigenvalue weighted by atomic mass is 9.86. The summed E-state index contributed by atoms with van der Waals surface area (Å²) >= 11 is 0. The quantitative estimate of drug-likeness (QED) is 0.149. The Bertz CT molecular complexity index is 1220. The summed E-state index contributed by atoms with van der Waals surface area (Å²) in [4.78, 5) is 39.6. The number of benzene rings is 3. The van der Waals surface area contributed by atoms with E-state index in [1.54, 1.807) is 31.4 Å². The molecule has 0 aliphatic heterocycles. The number of rotatable bonds is 18. The number of aliphatic carboxylic acids is 1. The second-order valence-electron chi connectivity index (χ2n) is 10.7. The van der Waals surface area contributed by atoms with E-state index in [1.807, 2.05) is 0 Å². The van der Waals surface area contributed by atoms with Crippen molar-refractivity contribution in [1.29, 1.82) is 0 Å². The summed E-state index contributed by atoms with van der Waals surface area (Å²) < 4.78 is 10.4. The molecule has 0 radical (unpaired) electrons.